The first-order valence-electron chi connectivity index (χ1n) is 7.26. The highest BCUT2D eigenvalue weighted by atomic mass is 16.5. The Morgan fingerprint density at radius 3 is 2.71 bits per heavy atom. The summed E-state index contributed by atoms with van der Waals surface area (Å²) >= 11 is 0. The van der Waals surface area contributed by atoms with Crippen LogP contribution in [0.3, 0.4) is 0 Å². The van der Waals surface area contributed by atoms with E-state index in [2.05, 4.69) is 15.8 Å². The van der Waals surface area contributed by atoms with E-state index in [0.717, 1.165) is 47.7 Å². The van der Waals surface area contributed by atoms with Gasteiger partial charge >= 0.3 is 0 Å². The predicted octanol–water partition coefficient (Wildman–Crippen LogP) is 2.39. The average molecular weight is 284 g/mol. The molecule has 21 heavy (non-hydrogen) atoms. The van der Waals surface area contributed by atoms with E-state index in [1.807, 2.05) is 32.0 Å². The van der Waals surface area contributed by atoms with Gasteiger partial charge in [0.2, 0.25) is 0 Å². The molecule has 2 heterocycles. The number of fused-ring (bicyclic) bond motifs is 1. The summed E-state index contributed by atoms with van der Waals surface area (Å²) in [7, 11) is 0. The van der Waals surface area contributed by atoms with Gasteiger partial charge in [-0.1, -0.05) is 17.3 Å². The third kappa shape index (κ3) is 2.56. The molecule has 0 atom stereocenters. The number of hydrogen-bond acceptors (Lipinski definition) is 4. The number of aromatic nitrogens is 3. The maximum atomic E-state index is 5.71. The summed E-state index contributed by atoms with van der Waals surface area (Å²) in [5, 5.41) is 4.02. The molecule has 0 radical (unpaired) electrons. The lowest BCUT2D eigenvalue weighted by atomic mass is 10.1. The van der Waals surface area contributed by atoms with Gasteiger partial charge in [-0.15, -0.1) is 0 Å². The molecule has 0 spiro atoms. The van der Waals surface area contributed by atoms with Crippen molar-refractivity contribution in [2.45, 2.75) is 33.2 Å². The van der Waals surface area contributed by atoms with Crippen molar-refractivity contribution in [2.24, 2.45) is 5.73 Å². The predicted molar refractivity (Wildman–Crippen MR) is 82.2 cm³/mol. The molecular formula is C16H20N4O. The Kier molecular flexibility index (Phi) is 3.75. The van der Waals surface area contributed by atoms with Crippen LogP contribution >= 0.6 is 0 Å². The van der Waals surface area contributed by atoms with Crippen LogP contribution in [0, 0.1) is 13.8 Å². The van der Waals surface area contributed by atoms with Gasteiger partial charge in [-0.05, 0) is 38.9 Å². The first kappa shape index (κ1) is 13.8. The van der Waals surface area contributed by atoms with Crippen LogP contribution in [0.1, 0.15) is 22.8 Å². The summed E-state index contributed by atoms with van der Waals surface area (Å²) in [6, 6.07) is 8.21. The largest absolute Gasteiger partial charge is 0.361 e. The number of nitrogens with two attached hydrogens (primary N) is 1. The summed E-state index contributed by atoms with van der Waals surface area (Å²) < 4.78 is 7.49. The molecule has 0 aliphatic carbocycles. The second-order valence-corrected chi connectivity index (χ2v) is 5.26. The molecule has 1 aromatic carbocycles. The molecule has 2 N–H and O–H groups in total. The monoisotopic (exact) mass is 284 g/mol. The Balaban J connectivity index is 1.93. The van der Waals surface area contributed by atoms with E-state index in [1.54, 1.807) is 0 Å². The van der Waals surface area contributed by atoms with Crippen LogP contribution in [0.15, 0.2) is 28.8 Å². The molecule has 0 fully saturated rings. The fourth-order valence-corrected chi connectivity index (χ4v) is 2.78. The van der Waals surface area contributed by atoms with E-state index in [9.17, 15) is 0 Å². The zero-order chi connectivity index (χ0) is 14.8. The van der Waals surface area contributed by atoms with Gasteiger partial charge in [0, 0.05) is 18.5 Å². The summed E-state index contributed by atoms with van der Waals surface area (Å²) in [5.41, 5.74) is 10.1. The molecule has 0 saturated heterocycles. The number of aryl methyl sites for hydroxylation is 3. The third-order valence-electron chi connectivity index (χ3n) is 3.87. The minimum Gasteiger partial charge on any atom is -0.361 e. The molecule has 3 rings (SSSR count). The Morgan fingerprint density at radius 1 is 1.19 bits per heavy atom. The number of hydrogen-bond donors (Lipinski definition) is 1. The topological polar surface area (TPSA) is 69.9 Å². The number of imidazole rings is 1. The average Bonchev–Trinajstić information content (AvgIpc) is 2.98. The van der Waals surface area contributed by atoms with Crippen LogP contribution in [0.2, 0.25) is 0 Å². The van der Waals surface area contributed by atoms with Crippen LogP contribution in [-0.4, -0.2) is 21.3 Å². The van der Waals surface area contributed by atoms with Gasteiger partial charge in [-0.3, -0.25) is 0 Å². The van der Waals surface area contributed by atoms with E-state index < -0.39 is 0 Å². The van der Waals surface area contributed by atoms with Crippen molar-refractivity contribution in [1.29, 1.82) is 0 Å². The Hall–Kier alpha value is -2.14. The highest BCUT2D eigenvalue weighted by molar-refractivity contribution is 5.75. The van der Waals surface area contributed by atoms with E-state index in [4.69, 9.17) is 15.2 Å². The fraction of sp³-hybridized carbons (Fsp3) is 0.375. The van der Waals surface area contributed by atoms with Crippen LogP contribution in [-0.2, 0) is 19.4 Å². The van der Waals surface area contributed by atoms with Crippen LogP contribution in [0.25, 0.3) is 11.0 Å². The minimum atomic E-state index is 0.606. The van der Waals surface area contributed by atoms with E-state index >= 15 is 0 Å². The molecule has 2 aromatic heterocycles. The second kappa shape index (κ2) is 5.69. The van der Waals surface area contributed by atoms with Gasteiger partial charge in [0.15, 0.2) is 0 Å². The smallest absolute Gasteiger partial charge is 0.137 e. The van der Waals surface area contributed by atoms with Gasteiger partial charge in [0.05, 0.1) is 16.7 Å². The van der Waals surface area contributed by atoms with Crippen LogP contribution < -0.4 is 5.73 Å². The quantitative estimate of drug-likeness (QED) is 0.781. The molecule has 0 saturated carbocycles. The zero-order valence-corrected chi connectivity index (χ0v) is 12.5. The first-order chi connectivity index (χ1) is 10.2. The van der Waals surface area contributed by atoms with Crippen molar-refractivity contribution >= 4 is 11.0 Å². The van der Waals surface area contributed by atoms with Gasteiger partial charge in [-0.25, -0.2) is 4.98 Å². The van der Waals surface area contributed by atoms with Crippen molar-refractivity contribution in [3.8, 4) is 0 Å². The zero-order valence-electron chi connectivity index (χ0n) is 12.5. The molecule has 5 heteroatoms. The number of para-hydroxylation sites is 2. The number of benzene rings is 1. The number of nitrogens with zero attached hydrogens (tertiary/aromatic N) is 3. The number of rotatable bonds is 5. The lowest BCUT2D eigenvalue weighted by Crippen LogP contribution is -2.11. The Bertz CT molecular complexity index is 737. The van der Waals surface area contributed by atoms with Crippen molar-refractivity contribution in [1.82, 2.24) is 14.7 Å². The molecule has 0 unspecified atom stereocenters. The van der Waals surface area contributed by atoms with Crippen molar-refractivity contribution in [2.75, 3.05) is 6.54 Å². The fourth-order valence-electron chi connectivity index (χ4n) is 2.78. The third-order valence-corrected chi connectivity index (χ3v) is 3.87. The second-order valence-electron chi connectivity index (χ2n) is 5.26. The lowest BCUT2D eigenvalue weighted by molar-refractivity contribution is 0.392. The van der Waals surface area contributed by atoms with Gasteiger partial charge < -0.3 is 14.8 Å². The molecular weight excluding hydrogens is 264 g/mol. The molecule has 0 amide bonds. The van der Waals surface area contributed by atoms with Crippen molar-refractivity contribution in [3.05, 3.63) is 47.1 Å². The van der Waals surface area contributed by atoms with Gasteiger partial charge in [-0.2, -0.15) is 0 Å². The van der Waals surface area contributed by atoms with Gasteiger partial charge in [0.1, 0.15) is 11.6 Å². The maximum Gasteiger partial charge on any atom is 0.137 e. The summed E-state index contributed by atoms with van der Waals surface area (Å²) in [4.78, 5) is 4.69. The molecule has 0 aliphatic heterocycles. The Labute approximate surface area is 123 Å². The molecule has 0 bridgehead atoms. The van der Waals surface area contributed by atoms with E-state index in [1.165, 1.54) is 5.56 Å². The molecule has 0 aliphatic rings. The summed E-state index contributed by atoms with van der Waals surface area (Å²) in [5.74, 6) is 1.95. The summed E-state index contributed by atoms with van der Waals surface area (Å²) in [6.45, 7) is 5.41. The summed E-state index contributed by atoms with van der Waals surface area (Å²) in [6.07, 6.45) is 1.68. The standard InChI is InChI=1S/C16H20N4O/c1-11-13(12(2)21-19-11)8-10-20-15-6-4-3-5-14(15)18-16(20)7-9-17/h3-6H,7-10,17H2,1-2H3. The first-order valence-corrected chi connectivity index (χ1v) is 7.26. The van der Waals surface area contributed by atoms with Crippen LogP contribution in [0.4, 0.5) is 0 Å². The van der Waals surface area contributed by atoms with E-state index in [-0.39, 0.29) is 0 Å². The van der Waals surface area contributed by atoms with Crippen molar-refractivity contribution < 1.29 is 4.52 Å². The molecule has 3 aromatic rings. The molecule has 5 nitrogen and oxygen atoms in total. The highest BCUT2D eigenvalue weighted by Crippen LogP contribution is 2.19. The lowest BCUT2D eigenvalue weighted by Gasteiger charge is -2.08. The van der Waals surface area contributed by atoms with Gasteiger partial charge in [0.25, 0.3) is 0 Å². The highest BCUT2D eigenvalue weighted by Gasteiger charge is 2.13. The molecule has 110 valence electrons. The SMILES string of the molecule is Cc1noc(C)c1CCn1c(CCN)nc2ccccc21. The van der Waals surface area contributed by atoms with Crippen LogP contribution in [0.5, 0.6) is 0 Å². The Morgan fingerprint density at radius 2 is 2.00 bits per heavy atom. The normalized spacial score (nSPS) is 11.4. The van der Waals surface area contributed by atoms with E-state index in [0.29, 0.717) is 6.54 Å². The van der Waals surface area contributed by atoms with Crippen molar-refractivity contribution in [3.63, 3.8) is 0 Å². The minimum absolute atomic E-state index is 0.606. The maximum absolute atomic E-state index is 5.71.